The Labute approximate surface area is 142 Å². The maximum absolute atomic E-state index is 12.7. The quantitative estimate of drug-likeness (QED) is 0.792. The summed E-state index contributed by atoms with van der Waals surface area (Å²) in [6.07, 6.45) is 0. The number of nitrogens with two attached hydrogens (primary N) is 1. The van der Waals surface area contributed by atoms with Crippen molar-refractivity contribution < 1.29 is 14.9 Å². The summed E-state index contributed by atoms with van der Waals surface area (Å²) < 4.78 is 0. The van der Waals surface area contributed by atoms with Crippen molar-refractivity contribution in [3.05, 3.63) is 65.7 Å². The number of benzene rings is 2. The molecule has 0 unspecified atom stereocenters. The van der Waals surface area contributed by atoms with Gasteiger partial charge in [-0.3, -0.25) is 9.59 Å². The van der Waals surface area contributed by atoms with Gasteiger partial charge in [0.1, 0.15) is 0 Å². The van der Waals surface area contributed by atoms with Crippen LogP contribution < -0.4 is 15.5 Å². The van der Waals surface area contributed by atoms with Gasteiger partial charge in [0.2, 0.25) is 0 Å². The van der Waals surface area contributed by atoms with Gasteiger partial charge < -0.3 is 15.5 Å². The Balaban J connectivity index is 2.13. The minimum Gasteiger partial charge on any atom is -0.354 e. The van der Waals surface area contributed by atoms with E-state index in [0.29, 0.717) is 6.54 Å². The molecule has 3 N–H and O–H groups in total. The smallest absolute Gasteiger partial charge is 0.282 e. The molecule has 0 aliphatic carbocycles. The highest BCUT2D eigenvalue weighted by Gasteiger charge is 2.18. The predicted molar refractivity (Wildman–Crippen MR) is 94.5 cm³/mol. The van der Waals surface area contributed by atoms with Crippen molar-refractivity contribution in [3.8, 4) is 0 Å². The number of likely N-dealkylation sites (N-methyl/N-ethyl adjacent to an activating group) is 1. The molecule has 0 heterocycles. The number of hydrogen-bond donors (Lipinski definition) is 2. The van der Waals surface area contributed by atoms with Gasteiger partial charge >= 0.3 is 0 Å². The fraction of sp³-hybridized carbons (Fsp3) is 0.263. The first-order chi connectivity index (χ1) is 11.6. The number of carbonyl (C=O) groups is 2. The molecular weight excluding hydrogens is 302 g/mol. The van der Waals surface area contributed by atoms with Gasteiger partial charge in [0.25, 0.3) is 11.8 Å². The van der Waals surface area contributed by atoms with Gasteiger partial charge in [-0.1, -0.05) is 42.5 Å². The van der Waals surface area contributed by atoms with E-state index in [1.807, 2.05) is 61.5 Å². The lowest BCUT2D eigenvalue weighted by Crippen LogP contribution is -2.88. The minimum absolute atomic E-state index is 0.0200. The zero-order chi connectivity index (χ0) is 17.4. The molecule has 2 aromatic carbocycles. The molecule has 126 valence electrons. The van der Waals surface area contributed by atoms with Crippen molar-refractivity contribution in [2.24, 2.45) is 0 Å². The molecule has 2 amide bonds. The van der Waals surface area contributed by atoms with Crippen molar-refractivity contribution in [1.82, 2.24) is 5.32 Å². The Kier molecular flexibility index (Phi) is 6.51. The summed E-state index contributed by atoms with van der Waals surface area (Å²) >= 11 is 0. The number of hydrogen-bond acceptors (Lipinski definition) is 2. The maximum Gasteiger partial charge on any atom is 0.282 e. The molecule has 0 aliphatic rings. The fourth-order valence-electron chi connectivity index (χ4n) is 2.42. The Hall–Kier alpha value is -2.66. The zero-order valence-electron chi connectivity index (χ0n) is 14.2. The van der Waals surface area contributed by atoms with E-state index in [9.17, 15) is 9.59 Å². The topological polar surface area (TPSA) is 66.0 Å². The molecule has 0 aliphatic heterocycles. The van der Waals surface area contributed by atoms with Gasteiger partial charge in [-0.2, -0.15) is 0 Å². The van der Waals surface area contributed by atoms with Gasteiger partial charge in [-0.15, -0.1) is 0 Å². The van der Waals surface area contributed by atoms with Crippen LogP contribution in [0.25, 0.3) is 0 Å². The molecule has 2 rings (SSSR count). The molecule has 24 heavy (non-hydrogen) atoms. The summed E-state index contributed by atoms with van der Waals surface area (Å²) in [4.78, 5) is 25.8. The SMILES string of the molecule is CNC(=O)C[NH2+]CC(=O)N(Cc1ccccc1)c1cccc(C)c1. The van der Waals surface area contributed by atoms with E-state index in [2.05, 4.69) is 5.32 Å². The number of amides is 2. The van der Waals surface area contributed by atoms with E-state index < -0.39 is 0 Å². The van der Waals surface area contributed by atoms with E-state index in [1.165, 1.54) is 0 Å². The van der Waals surface area contributed by atoms with Crippen LogP contribution in [-0.2, 0) is 16.1 Å². The van der Waals surface area contributed by atoms with Crippen molar-refractivity contribution in [3.63, 3.8) is 0 Å². The lowest BCUT2D eigenvalue weighted by molar-refractivity contribution is -0.632. The number of rotatable bonds is 7. The van der Waals surface area contributed by atoms with Gasteiger partial charge in [0.15, 0.2) is 13.1 Å². The third-order valence-electron chi connectivity index (χ3n) is 3.73. The van der Waals surface area contributed by atoms with Crippen LogP contribution >= 0.6 is 0 Å². The first kappa shape index (κ1) is 17.7. The lowest BCUT2D eigenvalue weighted by Gasteiger charge is -2.22. The highest BCUT2D eigenvalue weighted by atomic mass is 16.2. The Bertz CT molecular complexity index is 686. The van der Waals surface area contributed by atoms with Gasteiger partial charge in [-0.25, -0.2) is 0 Å². The zero-order valence-corrected chi connectivity index (χ0v) is 14.2. The van der Waals surface area contributed by atoms with E-state index in [0.717, 1.165) is 16.8 Å². The largest absolute Gasteiger partial charge is 0.354 e. The van der Waals surface area contributed by atoms with Gasteiger partial charge in [0.05, 0.1) is 6.54 Å². The van der Waals surface area contributed by atoms with Crippen LogP contribution in [-0.4, -0.2) is 32.0 Å². The molecule has 5 nitrogen and oxygen atoms in total. The molecule has 0 bridgehead atoms. The first-order valence-electron chi connectivity index (χ1n) is 8.03. The second-order valence-corrected chi connectivity index (χ2v) is 5.67. The number of quaternary nitrogens is 1. The Morgan fingerprint density at radius 2 is 1.79 bits per heavy atom. The van der Waals surface area contributed by atoms with Crippen LogP contribution in [0.5, 0.6) is 0 Å². The summed E-state index contributed by atoms with van der Waals surface area (Å²) in [5.41, 5.74) is 3.04. The van der Waals surface area contributed by atoms with Crippen LogP contribution in [0, 0.1) is 6.92 Å². The molecular formula is C19H24N3O2+. The molecule has 5 heteroatoms. The van der Waals surface area contributed by atoms with Crippen LogP contribution in [0.4, 0.5) is 5.69 Å². The van der Waals surface area contributed by atoms with E-state index in [1.54, 1.807) is 17.3 Å². The average molecular weight is 326 g/mol. The highest BCUT2D eigenvalue weighted by Crippen LogP contribution is 2.18. The number of nitrogens with one attached hydrogen (secondary N) is 1. The normalized spacial score (nSPS) is 10.2. The van der Waals surface area contributed by atoms with E-state index in [4.69, 9.17) is 0 Å². The van der Waals surface area contributed by atoms with Crippen LogP contribution in [0.15, 0.2) is 54.6 Å². The van der Waals surface area contributed by atoms with E-state index >= 15 is 0 Å². The molecule has 0 spiro atoms. The minimum atomic E-state index is -0.0898. The molecule has 0 radical (unpaired) electrons. The van der Waals surface area contributed by atoms with Crippen molar-refractivity contribution in [1.29, 1.82) is 0 Å². The second-order valence-electron chi connectivity index (χ2n) is 5.67. The molecule has 0 fully saturated rings. The Morgan fingerprint density at radius 3 is 2.46 bits per heavy atom. The highest BCUT2D eigenvalue weighted by molar-refractivity contribution is 5.94. The summed E-state index contributed by atoms with van der Waals surface area (Å²) in [6, 6.07) is 17.8. The molecule has 0 atom stereocenters. The first-order valence-corrected chi connectivity index (χ1v) is 8.03. The third kappa shape index (κ3) is 5.21. The summed E-state index contributed by atoms with van der Waals surface area (Å²) in [5.74, 6) is -0.110. The van der Waals surface area contributed by atoms with Crippen molar-refractivity contribution >= 4 is 17.5 Å². The molecule has 0 saturated carbocycles. The number of carbonyl (C=O) groups excluding carboxylic acids is 2. The summed E-state index contributed by atoms with van der Waals surface area (Å²) in [5, 5.41) is 4.27. The lowest BCUT2D eigenvalue weighted by atomic mass is 10.1. The number of nitrogens with zero attached hydrogens (tertiary/aromatic N) is 1. The van der Waals surface area contributed by atoms with Crippen molar-refractivity contribution in [2.45, 2.75) is 13.5 Å². The molecule has 2 aromatic rings. The summed E-state index contributed by atoms with van der Waals surface area (Å²) in [6.45, 7) is 2.99. The van der Waals surface area contributed by atoms with Crippen molar-refractivity contribution in [2.75, 3.05) is 25.0 Å². The number of anilines is 1. The van der Waals surface area contributed by atoms with Crippen LogP contribution in [0.2, 0.25) is 0 Å². The van der Waals surface area contributed by atoms with Gasteiger partial charge in [0, 0.05) is 12.7 Å². The third-order valence-corrected chi connectivity index (χ3v) is 3.73. The summed E-state index contributed by atoms with van der Waals surface area (Å²) in [7, 11) is 1.59. The molecule has 0 saturated heterocycles. The standard InChI is InChI=1S/C19H23N3O2/c1-15-7-6-10-17(11-15)22(14-16-8-4-3-5-9-16)19(24)13-21-12-18(23)20-2/h3-11,21H,12-14H2,1-2H3,(H,20,23)/p+1. The number of aryl methyl sites for hydroxylation is 1. The second kappa shape index (κ2) is 8.84. The Morgan fingerprint density at radius 1 is 1.04 bits per heavy atom. The molecule has 0 aromatic heterocycles. The predicted octanol–water partition coefficient (Wildman–Crippen LogP) is 0.838. The average Bonchev–Trinajstić information content (AvgIpc) is 2.60. The van der Waals surface area contributed by atoms with E-state index in [-0.39, 0.29) is 24.9 Å². The fourth-order valence-corrected chi connectivity index (χ4v) is 2.42. The van der Waals surface area contributed by atoms with Crippen LogP contribution in [0.1, 0.15) is 11.1 Å². The monoisotopic (exact) mass is 326 g/mol. The van der Waals surface area contributed by atoms with Crippen LogP contribution in [0.3, 0.4) is 0 Å². The van der Waals surface area contributed by atoms with Gasteiger partial charge in [-0.05, 0) is 30.2 Å². The maximum atomic E-state index is 12.7.